The number of pyridine rings is 1. The van der Waals surface area contributed by atoms with E-state index in [-0.39, 0.29) is 0 Å². The van der Waals surface area contributed by atoms with Gasteiger partial charge >= 0.3 is 0 Å². The highest BCUT2D eigenvalue weighted by Crippen LogP contribution is 2.28. The normalized spacial score (nSPS) is 10.7. The lowest BCUT2D eigenvalue weighted by molar-refractivity contribution is 0.295. The zero-order valence-electron chi connectivity index (χ0n) is 12.1. The first-order chi connectivity index (χ1) is 10.1. The van der Waals surface area contributed by atoms with E-state index in [1.165, 1.54) is 0 Å². The van der Waals surface area contributed by atoms with Crippen LogP contribution < -0.4 is 10.1 Å². The van der Waals surface area contributed by atoms with E-state index < -0.39 is 0 Å². The maximum Gasteiger partial charge on any atom is 0.130 e. The Morgan fingerprint density at radius 1 is 1.19 bits per heavy atom. The Labute approximate surface area is 142 Å². The highest BCUT2D eigenvalue weighted by Gasteiger charge is 2.09. The van der Waals surface area contributed by atoms with Crippen LogP contribution in [0, 0.1) is 6.92 Å². The monoisotopic (exact) mass is 412 g/mol. The van der Waals surface area contributed by atoms with Crippen LogP contribution in [0.5, 0.6) is 5.75 Å². The molecule has 2 rings (SSSR count). The molecule has 1 aromatic heterocycles. The second kappa shape index (κ2) is 7.92. The summed E-state index contributed by atoms with van der Waals surface area (Å²) in [5.41, 5.74) is 3.19. The number of aryl methyl sites for hydroxylation is 1. The molecule has 0 aliphatic heterocycles. The van der Waals surface area contributed by atoms with Crippen LogP contribution in [0.1, 0.15) is 23.7 Å². The van der Waals surface area contributed by atoms with E-state index in [0.717, 1.165) is 44.6 Å². The number of ether oxygens (including phenoxy) is 1. The molecule has 0 unspecified atom stereocenters. The molecule has 1 N–H and O–H groups in total. The van der Waals surface area contributed by atoms with Crippen LogP contribution in [-0.2, 0) is 13.2 Å². The van der Waals surface area contributed by atoms with Gasteiger partial charge in [0.1, 0.15) is 12.4 Å². The largest absolute Gasteiger partial charge is 0.487 e. The molecule has 0 aliphatic carbocycles. The van der Waals surface area contributed by atoms with Crippen molar-refractivity contribution < 1.29 is 4.74 Å². The molecule has 0 atom stereocenters. The fraction of sp³-hybridized carbons (Fsp3) is 0.312. The van der Waals surface area contributed by atoms with Crippen molar-refractivity contribution in [2.45, 2.75) is 27.0 Å². The zero-order chi connectivity index (χ0) is 15.2. The predicted octanol–water partition coefficient (Wildman–Crippen LogP) is 4.60. The number of nitrogens with one attached hydrogen (secondary N) is 1. The Hall–Kier alpha value is -0.910. The van der Waals surface area contributed by atoms with E-state index >= 15 is 0 Å². The van der Waals surface area contributed by atoms with Gasteiger partial charge in [-0.2, -0.15) is 0 Å². The van der Waals surface area contributed by atoms with Crippen molar-refractivity contribution in [1.82, 2.24) is 10.3 Å². The Kier molecular flexibility index (Phi) is 6.21. The molecule has 0 radical (unpaired) electrons. The van der Waals surface area contributed by atoms with Crippen LogP contribution >= 0.6 is 31.9 Å². The third kappa shape index (κ3) is 4.80. The molecule has 0 bridgehead atoms. The Bertz CT molecular complexity index is 600. The van der Waals surface area contributed by atoms with Crippen LogP contribution in [0.3, 0.4) is 0 Å². The maximum absolute atomic E-state index is 6.01. The minimum Gasteiger partial charge on any atom is -0.487 e. The van der Waals surface area contributed by atoms with E-state index in [9.17, 15) is 0 Å². The predicted molar refractivity (Wildman–Crippen MR) is 92.5 cm³/mol. The quantitative estimate of drug-likeness (QED) is 0.751. The lowest BCUT2D eigenvalue weighted by Gasteiger charge is -2.15. The number of benzene rings is 1. The zero-order valence-corrected chi connectivity index (χ0v) is 15.3. The number of nitrogens with zero attached hydrogens (tertiary/aromatic N) is 1. The topological polar surface area (TPSA) is 34.1 Å². The fourth-order valence-corrected chi connectivity index (χ4v) is 2.89. The maximum atomic E-state index is 6.01. The van der Waals surface area contributed by atoms with Gasteiger partial charge in [0.25, 0.3) is 0 Å². The van der Waals surface area contributed by atoms with Gasteiger partial charge < -0.3 is 10.1 Å². The van der Waals surface area contributed by atoms with Crippen molar-refractivity contribution in [1.29, 1.82) is 0 Å². The lowest BCUT2D eigenvalue weighted by Crippen LogP contribution is -2.13. The standard InChI is InChI=1S/C16H18Br2N2O/c1-3-19-8-12-7-14(18)6-11(2)16(12)21-10-15-5-4-13(17)9-20-15/h4-7,9,19H,3,8,10H2,1-2H3. The van der Waals surface area contributed by atoms with Crippen molar-refractivity contribution >= 4 is 31.9 Å². The molecule has 0 saturated heterocycles. The van der Waals surface area contributed by atoms with Gasteiger partial charge in [-0.25, -0.2) is 0 Å². The van der Waals surface area contributed by atoms with Gasteiger partial charge in [-0.3, -0.25) is 4.98 Å². The molecule has 2 aromatic rings. The van der Waals surface area contributed by atoms with Gasteiger partial charge in [0.15, 0.2) is 0 Å². The summed E-state index contributed by atoms with van der Waals surface area (Å²) in [5.74, 6) is 0.934. The van der Waals surface area contributed by atoms with E-state index in [4.69, 9.17) is 4.74 Å². The van der Waals surface area contributed by atoms with E-state index in [1.54, 1.807) is 6.20 Å². The first-order valence-corrected chi connectivity index (χ1v) is 8.41. The second-order valence-corrected chi connectivity index (χ2v) is 6.58. The van der Waals surface area contributed by atoms with Gasteiger partial charge in [-0.15, -0.1) is 0 Å². The molecular weight excluding hydrogens is 396 g/mol. The van der Waals surface area contributed by atoms with Crippen LogP contribution in [-0.4, -0.2) is 11.5 Å². The first-order valence-electron chi connectivity index (χ1n) is 6.83. The highest BCUT2D eigenvalue weighted by atomic mass is 79.9. The molecule has 3 nitrogen and oxygen atoms in total. The molecule has 1 heterocycles. The van der Waals surface area contributed by atoms with Crippen molar-refractivity contribution in [3.63, 3.8) is 0 Å². The van der Waals surface area contributed by atoms with Crippen molar-refractivity contribution in [3.05, 3.63) is 56.2 Å². The van der Waals surface area contributed by atoms with Crippen LogP contribution in [0.4, 0.5) is 0 Å². The molecule has 0 amide bonds. The molecule has 21 heavy (non-hydrogen) atoms. The van der Waals surface area contributed by atoms with Crippen molar-refractivity contribution in [3.8, 4) is 5.75 Å². The third-order valence-corrected chi connectivity index (χ3v) is 3.96. The number of halogens is 2. The van der Waals surface area contributed by atoms with Crippen LogP contribution in [0.2, 0.25) is 0 Å². The minimum atomic E-state index is 0.467. The summed E-state index contributed by atoms with van der Waals surface area (Å²) in [5, 5.41) is 3.34. The van der Waals surface area contributed by atoms with Gasteiger partial charge in [-0.05, 0) is 59.2 Å². The van der Waals surface area contributed by atoms with Crippen LogP contribution in [0.25, 0.3) is 0 Å². The molecule has 0 fully saturated rings. The highest BCUT2D eigenvalue weighted by molar-refractivity contribution is 9.10. The van der Waals surface area contributed by atoms with Gasteiger partial charge in [0, 0.05) is 27.3 Å². The van der Waals surface area contributed by atoms with E-state index in [0.29, 0.717) is 6.61 Å². The summed E-state index contributed by atoms with van der Waals surface area (Å²) >= 11 is 6.93. The summed E-state index contributed by atoms with van der Waals surface area (Å²) in [6.07, 6.45) is 1.78. The Morgan fingerprint density at radius 3 is 2.67 bits per heavy atom. The molecule has 0 spiro atoms. The van der Waals surface area contributed by atoms with Gasteiger partial charge in [-0.1, -0.05) is 22.9 Å². The Morgan fingerprint density at radius 2 is 2.00 bits per heavy atom. The molecule has 0 saturated carbocycles. The minimum absolute atomic E-state index is 0.467. The summed E-state index contributed by atoms with van der Waals surface area (Å²) in [6, 6.07) is 8.10. The van der Waals surface area contributed by atoms with Crippen molar-refractivity contribution in [2.24, 2.45) is 0 Å². The number of aromatic nitrogens is 1. The summed E-state index contributed by atoms with van der Waals surface area (Å²) in [7, 11) is 0. The average molecular weight is 414 g/mol. The third-order valence-electron chi connectivity index (χ3n) is 3.03. The summed E-state index contributed by atoms with van der Waals surface area (Å²) < 4.78 is 8.05. The van der Waals surface area contributed by atoms with Gasteiger partial charge in [0.05, 0.1) is 5.69 Å². The number of hydrogen-bond acceptors (Lipinski definition) is 3. The molecule has 0 aliphatic rings. The Balaban J connectivity index is 2.15. The molecule has 5 heteroatoms. The SMILES string of the molecule is CCNCc1cc(Br)cc(C)c1OCc1ccc(Br)cn1. The summed E-state index contributed by atoms with van der Waals surface area (Å²) in [6.45, 7) is 6.34. The molecular formula is C16H18Br2N2O. The smallest absolute Gasteiger partial charge is 0.130 e. The van der Waals surface area contributed by atoms with Crippen molar-refractivity contribution in [2.75, 3.05) is 6.54 Å². The number of hydrogen-bond donors (Lipinski definition) is 1. The molecule has 112 valence electrons. The lowest BCUT2D eigenvalue weighted by atomic mass is 10.1. The summed E-state index contributed by atoms with van der Waals surface area (Å²) in [4.78, 5) is 4.34. The number of rotatable bonds is 6. The fourth-order valence-electron chi connectivity index (χ4n) is 2.03. The second-order valence-electron chi connectivity index (χ2n) is 4.75. The van der Waals surface area contributed by atoms with Gasteiger partial charge in [0.2, 0.25) is 0 Å². The average Bonchev–Trinajstić information content (AvgIpc) is 2.45. The van der Waals surface area contributed by atoms with E-state index in [2.05, 4.69) is 68.1 Å². The first kappa shape index (κ1) is 16.5. The molecule has 1 aromatic carbocycles. The van der Waals surface area contributed by atoms with Crippen LogP contribution in [0.15, 0.2) is 39.4 Å². The van der Waals surface area contributed by atoms with E-state index in [1.807, 2.05) is 12.1 Å².